The van der Waals surface area contributed by atoms with Crippen LogP contribution >= 0.6 is 22.9 Å². The van der Waals surface area contributed by atoms with Crippen LogP contribution in [-0.4, -0.2) is 61.6 Å². The summed E-state index contributed by atoms with van der Waals surface area (Å²) in [7, 11) is 1.60. The number of rotatable bonds is 10. The maximum absolute atomic E-state index is 13.4. The van der Waals surface area contributed by atoms with E-state index in [4.69, 9.17) is 21.1 Å². The molecule has 0 radical (unpaired) electrons. The Morgan fingerprint density at radius 2 is 2.00 bits per heavy atom. The molecule has 2 heterocycles. The quantitative estimate of drug-likeness (QED) is 0.507. The Labute approximate surface area is 199 Å². The summed E-state index contributed by atoms with van der Waals surface area (Å²) in [5.74, 6) is 0.844. The first kappa shape index (κ1) is 24.6. The minimum atomic E-state index is -0.197. The van der Waals surface area contributed by atoms with Gasteiger partial charge in [0.05, 0.1) is 19.2 Å². The van der Waals surface area contributed by atoms with E-state index in [0.29, 0.717) is 43.5 Å². The van der Waals surface area contributed by atoms with Gasteiger partial charge in [0.1, 0.15) is 12.4 Å². The molecule has 2 amide bonds. The third kappa shape index (κ3) is 6.47. The van der Waals surface area contributed by atoms with Crippen molar-refractivity contribution in [3.8, 4) is 5.75 Å². The second-order valence-corrected chi connectivity index (χ2v) is 9.76. The fraction of sp³-hybridized carbons (Fsp3) is 0.500. The van der Waals surface area contributed by atoms with Crippen molar-refractivity contribution in [2.45, 2.75) is 32.7 Å². The van der Waals surface area contributed by atoms with Crippen LogP contribution in [0.3, 0.4) is 0 Å². The number of amides is 2. The number of halogens is 1. The molecule has 1 atom stereocenters. The molecule has 0 fully saturated rings. The molecule has 0 saturated carbocycles. The van der Waals surface area contributed by atoms with Crippen LogP contribution in [0, 0.1) is 5.92 Å². The number of hydrogen-bond acceptors (Lipinski definition) is 5. The van der Waals surface area contributed by atoms with Gasteiger partial charge >= 0.3 is 0 Å². The molecule has 1 aliphatic rings. The lowest BCUT2D eigenvalue weighted by atomic mass is 10.0. The van der Waals surface area contributed by atoms with Crippen LogP contribution in [0.5, 0.6) is 5.75 Å². The molecule has 1 aromatic heterocycles. The zero-order valence-electron chi connectivity index (χ0n) is 18.9. The maximum atomic E-state index is 13.4. The molecule has 32 heavy (non-hydrogen) atoms. The van der Waals surface area contributed by atoms with Gasteiger partial charge in [-0.05, 0) is 53.6 Å². The molecule has 2 aromatic rings. The monoisotopic (exact) mass is 478 g/mol. The van der Waals surface area contributed by atoms with Crippen LogP contribution in [0.25, 0.3) is 0 Å². The van der Waals surface area contributed by atoms with Crippen LogP contribution in [0.1, 0.15) is 36.8 Å². The van der Waals surface area contributed by atoms with Crippen molar-refractivity contribution >= 4 is 34.8 Å². The molecule has 0 saturated heterocycles. The zero-order chi connectivity index (χ0) is 23.1. The Morgan fingerprint density at radius 1 is 1.25 bits per heavy atom. The fourth-order valence-corrected chi connectivity index (χ4v) is 4.86. The minimum Gasteiger partial charge on any atom is -0.491 e. The largest absolute Gasteiger partial charge is 0.491 e. The van der Waals surface area contributed by atoms with E-state index in [1.165, 1.54) is 4.88 Å². The number of carbonyl (C=O) groups is 2. The number of ether oxygens (including phenoxy) is 2. The number of methoxy groups -OCH3 is 1. The summed E-state index contributed by atoms with van der Waals surface area (Å²) in [4.78, 5) is 30.9. The van der Waals surface area contributed by atoms with Gasteiger partial charge in [-0.15, -0.1) is 11.3 Å². The summed E-state index contributed by atoms with van der Waals surface area (Å²) in [6.45, 7) is 5.80. The average molecular weight is 479 g/mol. The van der Waals surface area contributed by atoms with E-state index in [-0.39, 0.29) is 30.3 Å². The summed E-state index contributed by atoms with van der Waals surface area (Å²) in [5, 5.41) is 2.71. The molecular formula is C24H31ClN2O4S. The van der Waals surface area contributed by atoms with Crippen LogP contribution in [-0.2, 0) is 20.7 Å². The van der Waals surface area contributed by atoms with Gasteiger partial charge in [-0.3, -0.25) is 9.59 Å². The molecule has 174 valence electrons. The maximum Gasteiger partial charge on any atom is 0.242 e. The van der Waals surface area contributed by atoms with E-state index in [0.717, 1.165) is 12.0 Å². The molecule has 1 aliphatic heterocycles. The highest BCUT2D eigenvalue weighted by molar-refractivity contribution is 7.10. The van der Waals surface area contributed by atoms with E-state index in [2.05, 4.69) is 11.4 Å². The Hall–Kier alpha value is -2.09. The molecule has 1 aromatic carbocycles. The van der Waals surface area contributed by atoms with Crippen LogP contribution < -0.4 is 4.74 Å². The summed E-state index contributed by atoms with van der Waals surface area (Å²) in [5.41, 5.74) is 1.13. The Balaban J connectivity index is 1.74. The van der Waals surface area contributed by atoms with E-state index in [1.54, 1.807) is 35.5 Å². The lowest BCUT2D eigenvalue weighted by molar-refractivity contribution is -0.143. The minimum absolute atomic E-state index is 0.0207. The highest BCUT2D eigenvalue weighted by atomic mass is 35.5. The standard InChI is InChI=1S/C24H31ClN2O4S/c1-17(2)14-23(28)26(11-12-30-3)15-24(29)27-10-8-22-20(9-13-32-22)21(27)16-31-19-6-4-18(25)5-7-19/h4-7,9,13,17,21H,8,10-12,14-16H2,1-3H3/t21-/m0/s1. The number of hydrogen-bond donors (Lipinski definition) is 0. The van der Waals surface area contributed by atoms with Crippen molar-refractivity contribution in [1.29, 1.82) is 0 Å². The lowest BCUT2D eigenvalue weighted by Gasteiger charge is -2.37. The predicted molar refractivity (Wildman–Crippen MR) is 127 cm³/mol. The van der Waals surface area contributed by atoms with Gasteiger partial charge in [0, 0.05) is 36.5 Å². The topological polar surface area (TPSA) is 59.1 Å². The van der Waals surface area contributed by atoms with E-state index in [1.807, 2.05) is 30.9 Å². The van der Waals surface area contributed by atoms with Gasteiger partial charge in [-0.1, -0.05) is 25.4 Å². The first-order valence-corrected chi connectivity index (χ1v) is 12.2. The van der Waals surface area contributed by atoms with Gasteiger partial charge in [-0.2, -0.15) is 0 Å². The second kappa shape index (κ2) is 11.7. The molecule has 8 heteroatoms. The molecule has 6 nitrogen and oxygen atoms in total. The first-order chi connectivity index (χ1) is 15.4. The van der Waals surface area contributed by atoms with Crippen LogP contribution in [0.4, 0.5) is 0 Å². The summed E-state index contributed by atoms with van der Waals surface area (Å²) >= 11 is 7.68. The summed E-state index contributed by atoms with van der Waals surface area (Å²) in [6, 6.07) is 9.08. The smallest absolute Gasteiger partial charge is 0.242 e. The van der Waals surface area contributed by atoms with Crippen molar-refractivity contribution in [2.24, 2.45) is 5.92 Å². The van der Waals surface area contributed by atoms with Crippen molar-refractivity contribution in [2.75, 3.05) is 40.0 Å². The van der Waals surface area contributed by atoms with Gasteiger partial charge in [0.15, 0.2) is 0 Å². The number of thiophene rings is 1. The van der Waals surface area contributed by atoms with Gasteiger partial charge in [0.25, 0.3) is 0 Å². The van der Waals surface area contributed by atoms with Crippen molar-refractivity contribution in [3.63, 3.8) is 0 Å². The third-order valence-corrected chi connectivity index (χ3v) is 6.71. The predicted octanol–water partition coefficient (Wildman–Crippen LogP) is 4.43. The summed E-state index contributed by atoms with van der Waals surface area (Å²) in [6.07, 6.45) is 1.23. The molecule has 0 aliphatic carbocycles. The van der Waals surface area contributed by atoms with Crippen LogP contribution in [0.2, 0.25) is 5.02 Å². The normalized spacial score (nSPS) is 15.5. The molecule has 0 N–H and O–H groups in total. The molecule has 0 bridgehead atoms. The third-order valence-electron chi connectivity index (χ3n) is 5.46. The summed E-state index contributed by atoms with van der Waals surface area (Å²) < 4.78 is 11.2. The molecule has 0 spiro atoms. The Kier molecular flexibility index (Phi) is 8.96. The van der Waals surface area contributed by atoms with Crippen molar-refractivity contribution in [3.05, 3.63) is 51.2 Å². The van der Waals surface area contributed by atoms with E-state index in [9.17, 15) is 9.59 Å². The van der Waals surface area contributed by atoms with Gasteiger partial charge < -0.3 is 19.3 Å². The van der Waals surface area contributed by atoms with Crippen molar-refractivity contribution < 1.29 is 19.1 Å². The molecule has 3 rings (SSSR count). The van der Waals surface area contributed by atoms with Gasteiger partial charge in [-0.25, -0.2) is 0 Å². The SMILES string of the molecule is COCCN(CC(=O)N1CCc2sccc2[C@@H]1COc1ccc(Cl)cc1)C(=O)CC(C)C. The Bertz CT molecular complexity index is 900. The van der Waals surface area contributed by atoms with E-state index >= 15 is 0 Å². The van der Waals surface area contributed by atoms with E-state index < -0.39 is 0 Å². The first-order valence-electron chi connectivity index (χ1n) is 10.9. The fourth-order valence-electron chi connectivity index (χ4n) is 3.81. The van der Waals surface area contributed by atoms with Crippen molar-refractivity contribution in [1.82, 2.24) is 9.80 Å². The van der Waals surface area contributed by atoms with Crippen LogP contribution in [0.15, 0.2) is 35.7 Å². The lowest BCUT2D eigenvalue weighted by Crippen LogP contribution is -2.48. The number of carbonyl (C=O) groups excluding carboxylic acids is 2. The average Bonchev–Trinajstić information content (AvgIpc) is 3.24. The zero-order valence-corrected chi connectivity index (χ0v) is 20.5. The molecular weight excluding hydrogens is 448 g/mol. The Morgan fingerprint density at radius 3 is 2.69 bits per heavy atom. The number of nitrogens with zero attached hydrogens (tertiary/aromatic N) is 2. The highest BCUT2D eigenvalue weighted by Crippen LogP contribution is 2.34. The number of fused-ring (bicyclic) bond motifs is 1. The van der Waals surface area contributed by atoms with Gasteiger partial charge in [0.2, 0.25) is 11.8 Å². The highest BCUT2D eigenvalue weighted by Gasteiger charge is 2.33. The second-order valence-electron chi connectivity index (χ2n) is 8.32. The molecule has 0 unspecified atom stereocenters. The number of benzene rings is 1.